The van der Waals surface area contributed by atoms with Crippen LogP contribution in [0.1, 0.15) is 74.6 Å². The molecule has 1 fully saturated rings. The van der Waals surface area contributed by atoms with E-state index in [2.05, 4.69) is 66.9 Å². The van der Waals surface area contributed by atoms with Gasteiger partial charge in [-0.25, -0.2) is 4.98 Å². The highest BCUT2D eigenvalue weighted by atomic mass is 15.2. The van der Waals surface area contributed by atoms with E-state index in [4.69, 9.17) is 9.97 Å². The Morgan fingerprint density at radius 2 is 1.68 bits per heavy atom. The SMILES string of the molecule is CC(CCN[C@H]1CC[C@@H](Nc2nc3c(c(N(C)C)n2)CCCC3)CC1)c1ccccc1. The van der Waals surface area contributed by atoms with Gasteiger partial charge in [0.1, 0.15) is 5.82 Å². The Hall–Kier alpha value is -2.14. The lowest BCUT2D eigenvalue weighted by molar-refractivity contribution is 0.349. The molecule has 2 aliphatic rings. The van der Waals surface area contributed by atoms with Gasteiger partial charge >= 0.3 is 0 Å². The maximum atomic E-state index is 4.90. The van der Waals surface area contributed by atoms with Crippen LogP contribution in [0.25, 0.3) is 0 Å². The fraction of sp³-hybridized carbons (Fsp3) is 0.615. The van der Waals surface area contributed by atoms with E-state index in [1.165, 1.54) is 61.8 Å². The van der Waals surface area contributed by atoms with Crippen LogP contribution >= 0.6 is 0 Å². The molecule has 4 rings (SSSR count). The van der Waals surface area contributed by atoms with Crippen molar-refractivity contribution in [2.45, 2.75) is 82.7 Å². The molecular weight excluding hydrogens is 382 g/mol. The van der Waals surface area contributed by atoms with Crippen LogP contribution in [0.3, 0.4) is 0 Å². The van der Waals surface area contributed by atoms with Gasteiger partial charge in [-0.3, -0.25) is 0 Å². The topological polar surface area (TPSA) is 53.1 Å². The summed E-state index contributed by atoms with van der Waals surface area (Å²) in [5.41, 5.74) is 4.06. The molecule has 1 unspecified atom stereocenters. The van der Waals surface area contributed by atoms with Gasteiger partial charge < -0.3 is 15.5 Å². The molecule has 5 nitrogen and oxygen atoms in total. The number of nitrogens with one attached hydrogen (secondary N) is 2. The minimum absolute atomic E-state index is 0.484. The van der Waals surface area contributed by atoms with Gasteiger partial charge in [-0.1, -0.05) is 37.3 Å². The Bertz CT molecular complexity index is 827. The van der Waals surface area contributed by atoms with E-state index < -0.39 is 0 Å². The summed E-state index contributed by atoms with van der Waals surface area (Å²) in [6, 6.07) is 12.0. The molecule has 0 radical (unpaired) electrons. The lowest BCUT2D eigenvalue weighted by Gasteiger charge is -2.31. The first kappa shape index (κ1) is 22.1. The molecule has 0 saturated heterocycles. The highest BCUT2D eigenvalue weighted by Gasteiger charge is 2.24. The zero-order valence-electron chi connectivity index (χ0n) is 19.5. The molecule has 0 aliphatic heterocycles. The quantitative estimate of drug-likeness (QED) is 0.633. The highest BCUT2D eigenvalue weighted by molar-refractivity contribution is 5.52. The summed E-state index contributed by atoms with van der Waals surface area (Å²) >= 11 is 0. The minimum Gasteiger partial charge on any atom is -0.362 e. The van der Waals surface area contributed by atoms with Crippen molar-refractivity contribution < 1.29 is 0 Å². The molecule has 5 heteroatoms. The van der Waals surface area contributed by atoms with Crippen molar-refractivity contribution in [3.63, 3.8) is 0 Å². The zero-order chi connectivity index (χ0) is 21.6. The Kier molecular flexibility index (Phi) is 7.44. The molecule has 0 amide bonds. The Balaban J connectivity index is 1.24. The number of nitrogens with zero attached hydrogens (tertiary/aromatic N) is 3. The first-order valence-electron chi connectivity index (χ1n) is 12.2. The fourth-order valence-corrected chi connectivity index (χ4v) is 5.09. The molecule has 1 atom stereocenters. The van der Waals surface area contributed by atoms with Gasteiger partial charge in [0.25, 0.3) is 0 Å². The number of anilines is 2. The van der Waals surface area contributed by atoms with Gasteiger partial charge in [0, 0.05) is 31.7 Å². The molecule has 1 saturated carbocycles. The monoisotopic (exact) mass is 421 g/mol. The lowest BCUT2D eigenvalue weighted by Crippen LogP contribution is -2.38. The second kappa shape index (κ2) is 10.4. The number of fused-ring (bicyclic) bond motifs is 1. The fourth-order valence-electron chi connectivity index (χ4n) is 5.09. The van der Waals surface area contributed by atoms with Gasteiger partial charge in [0.2, 0.25) is 5.95 Å². The Morgan fingerprint density at radius 1 is 0.968 bits per heavy atom. The van der Waals surface area contributed by atoms with Gasteiger partial charge in [-0.2, -0.15) is 4.98 Å². The number of hydrogen-bond donors (Lipinski definition) is 2. The third-order valence-corrected chi connectivity index (χ3v) is 7.02. The molecular formula is C26H39N5. The predicted octanol–water partition coefficient (Wildman–Crippen LogP) is 4.93. The average molecular weight is 422 g/mol. The zero-order valence-corrected chi connectivity index (χ0v) is 19.5. The maximum Gasteiger partial charge on any atom is 0.225 e. The van der Waals surface area contributed by atoms with Crippen LogP contribution in [0, 0.1) is 0 Å². The van der Waals surface area contributed by atoms with Crippen molar-refractivity contribution in [3.8, 4) is 0 Å². The van der Waals surface area contributed by atoms with Crippen molar-refractivity contribution in [2.75, 3.05) is 30.9 Å². The third-order valence-electron chi connectivity index (χ3n) is 7.02. The van der Waals surface area contributed by atoms with Crippen LogP contribution in [0.15, 0.2) is 30.3 Å². The summed E-state index contributed by atoms with van der Waals surface area (Å²) in [7, 11) is 4.19. The summed E-state index contributed by atoms with van der Waals surface area (Å²) in [5, 5.41) is 7.47. The molecule has 31 heavy (non-hydrogen) atoms. The molecule has 1 heterocycles. The first-order chi connectivity index (χ1) is 15.1. The summed E-state index contributed by atoms with van der Waals surface area (Å²) in [6.07, 6.45) is 10.7. The normalized spacial score (nSPS) is 21.9. The van der Waals surface area contributed by atoms with Crippen molar-refractivity contribution in [3.05, 3.63) is 47.2 Å². The first-order valence-corrected chi connectivity index (χ1v) is 12.2. The van der Waals surface area contributed by atoms with Crippen molar-refractivity contribution >= 4 is 11.8 Å². The molecule has 2 aromatic rings. The molecule has 2 N–H and O–H groups in total. The van der Waals surface area contributed by atoms with Gasteiger partial charge in [0.15, 0.2) is 0 Å². The van der Waals surface area contributed by atoms with E-state index >= 15 is 0 Å². The van der Waals surface area contributed by atoms with Crippen LogP contribution in [0.4, 0.5) is 11.8 Å². The van der Waals surface area contributed by atoms with Crippen LogP contribution in [0.5, 0.6) is 0 Å². The predicted molar refractivity (Wildman–Crippen MR) is 130 cm³/mol. The van der Waals surface area contributed by atoms with E-state index in [1.54, 1.807) is 0 Å². The number of hydrogen-bond acceptors (Lipinski definition) is 5. The summed E-state index contributed by atoms with van der Waals surface area (Å²) in [5.74, 6) is 2.55. The third kappa shape index (κ3) is 5.76. The number of rotatable bonds is 8. The summed E-state index contributed by atoms with van der Waals surface area (Å²) < 4.78 is 0. The van der Waals surface area contributed by atoms with Crippen LogP contribution < -0.4 is 15.5 Å². The van der Waals surface area contributed by atoms with Crippen LogP contribution in [0.2, 0.25) is 0 Å². The molecule has 1 aromatic heterocycles. The second-order valence-corrected chi connectivity index (χ2v) is 9.65. The smallest absolute Gasteiger partial charge is 0.225 e. The number of aryl methyl sites for hydroxylation is 1. The standard InChI is InChI=1S/C26H39N5/c1-19(20-9-5-4-6-10-20)17-18-27-21-13-15-22(16-14-21)28-26-29-24-12-8-7-11-23(24)25(30-26)31(2)3/h4-6,9-10,19,21-22,27H,7-8,11-18H2,1-3H3,(H,28,29,30)/t19?,21-,22+. The van der Waals surface area contributed by atoms with Gasteiger partial charge in [0.05, 0.1) is 5.69 Å². The highest BCUT2D eigenvalue weighted by Crippen LogP contribution is 2.29. The van der Waals surface area contributed by atoms with E-state index in [1.807, 2.05) is 0 Å². The largest absolute Gasteiger partial charge is 0.362 e. The van der Waals surface area contributed by atoms with E-state index in [-0.39, 0.29) is 0 Å². The Labute approximate surface area is 188 Å². The molecule has 2 aliphatic carbocycles. The van der Waals surface area contributed by atoms with E-state index in [0.29, 0.717) is 18.0 Å². The number of benzene rings is 1. The van der Waals surface area contributed by atoms with Crippen molar-refractivity contribution in [1.29, 1.82) is 0 Å². The van der Waals surface area contributed by atoms with Crippen molar-refractivity contribution in [2.24, 2.45) is 0 Å². The average Bonchev–Trinajstić information content (AvgIpc) is 2.80. The van der Waals surface area contributed by atoms with E-state index in [0.717, 1.165) is 31.2 Å². The molecule has 0 spiro atoms. The van der Waals surface area contributed by atoms with Gasteiger partial charge in [-0.05, 0) is 75.8 Å². The lowest BCUT2D eigenvalue weighted by atomic mass is 9.90. The van der Waals surface area contributed by atoms with Crippen LogP contribution in [-0.2, 0) is 12.8 Å². The molecule has 168 valence electrons. The summed E-state index contributed by atoms with van der Waals surface area (Å²) in [4.78, 5) is 11.9. The van der Waals surface area contributed by atoms with Crippen LogP contribution in [-0.4, -0.2) is 42.7 Å². The second-order valence-electron chi connectivity index (χ2n) is 9.65. The number of aromatic nitrogens is 2. The van der Waals surface area contributed by atoms with Gasteiger partial charge in [-0.15, -0.1) is 0 Å². The minimum atomic E-state index is 0.484. The Morgan fingerprint density at radius 3 is 2.42 bits per heavy atom. The molecule has 0 bridgehead atoms. The van der Waals surface area contributed by atoms with Crippen molar-refractivity contribution in [1.82, 2.24) is 15.3 Å². The summed E-state index contributed by atoms with van der Waals surface area (Å²) in [6.45, 7) is 3.43. The molecule has 1 aromatic carbocycles. The van der Waals surface area contributed by atoms with E-state index in [9.17, 15) is 0 Å². The maximum absolute atomic E-state index is 4.90.